The van der Waals surface area contributed by atoms with Gasteiger partial charge < -0.3 is 29.2 Å². The van der Waals surface area contributed by atoms with E-state index >= 15 is 0 Å². The van der Waals surface area contributed by atoms with Crippen molar-refractivity contribution in [3.05, 3.63) is 47.0 Å². The quantitative estimate of drug-likeness (QED) is 0.187. The Morgan fingerprint density at radius 2 is 1.24 bits per heavy atom. The number of hydrogen-bond donors (Lipinski definition) is 3. The van der Waals surface area contributed by atoms with Crippen LogP contribution in [0, 0.1) is 0 Å². The lowest BCUT2D eigenvalue weighted by molar-refractivity contribution is -0.143. The number of aliphatic carboxylic acids is 1. The van der Waals surface area contributed by atoms with Crippen LogP contribution in [0.15, 0.2) is 24.3 Å². The zero-order valence-corrected chi connectivity index (χ0v) is 22.4. The molecule has 224 valence electrons. The maximum atomic E-state index is 11.4. The van der Waals surface area contributed by atoms with Gasteiger partial charge in [0, 0.05) is 26.9 Å². The summed E-state index contributed by atoms with van der Waals surface area (Å²) in [6.07, 6.45) is 2.03. The number of aromatic hydroxyl groups is 2. The molecule has 0 spiro atoms. The number of benzene rings is 2. The predicted octanol–water partition coefficient (Wildman–Crippen LogP) is 4.39. The van der Waals surface area contributed by atoms with Crippen molar-refractivity contribution < 1.29 is 39.2 Å². The molecule has 0 aliphatic carbocycles. The SMILES string of the molecule is C.C.CCOC(=O)CCc1nc2c(C=O)c(O)ccc2n1C.Cl.Cn1c(CCC(=O)O)nc2c(C=O)c(O)ccc21. The first-order valence-corrected chi connectivity index (χ1v) is 11.7. The Labute approximate surface area is 244 Å². The van der Waals surface area contributed by atoms with Crippen molar-refractivity contribution in [2.45, 2.75) is 47.5 Å². The standard InChI is InChI=1S/C14H16N2O4.C12H12N2O4.2CH4.ClH/c1-3-20-13(19)7-6-12-15-14-9(8-17)11(18)5-4-10(14)16(12)2;1-14-8-2-3-9(16)7(6-15)12(8)13-10(14)4-5-11(17)18;;;/h4-5,8,18H,3,6-7H2,1-2H3;2-3,6,16H,4-5H2,1H3,(H,17,18);2*1H4;1H. The monoisotopic (exact) mass is 592 g/mol. The smallest absolute Gasteiger partial charge is 0.306 e. The Hall–Kier alpha value is -4.45. The highest BCUT2D eigenvalue weighted by molar-refractivity contribution is 5.98. The summed E-state index contributed by atoms with van der Waals surface area (Å²) in [5.74, 6) is -0.163. The van der Waals surface area contributed by atoms with Gasteiger partial charge in [0.2, 0.25) is 0 Å². The van der Waals surface area contributed by atoms with E-state index in [-0.39, 0.29) is 75.1 Å². The Bertz CT molecular complexity index is 1530. The third-order valence-electron chi connectivity index (χ3n) is 5.98. The molecule has 0 atom stereocenters. The van der Waals surface area contributed by atoms with Crippen molar-refractivity contribution in [1.29, 1.82) is 0 Å². The van der Waals surface area contributed by atoms with E-state index in [1.165, 1.54) is 12.1 Å². The van der Waals surface area contributed by atoms with Gasteiger partial charge >= 0.3 is 11.9 Å². The maximum Gasteiger partial charge on any atom is 0.306 e. The van der Waals surface area contributed by atoms with Crippen LogP contribution in [0.4, 0.5) is 0 Å². The summed E-state index contributed by atoms with van der Waals surface area (Å²) in [4.78, 5) is 52.4. The number of nitrogens with zero attached hydrogens (tertiary/aromatic N) is 4. The van der Waals surface area contributed by atoms with E-state index in [1.54, 1.807) is 42.3 Å². The number of hydrogen-bond acceptors (Lipinski definition) is 9. The Morgan fingerprint density at radius 1 is 0.829 bits per heavy atom. The minimum Gasteiger partial charge on any atom is -0.507 e. The number of carboxylic acid groups (broad SMARTS) is 1. The highest BCUT2D eigenvalue weighted by atomic mass is 35.5. The van der Waals surface area contributed by atoms with Crippen LogP contribution < -0.4 is 0 Å². The first-order chi connectivity index (χ1) is 18.1. The molecule has 0 bridgehead atoms. The summed E-state index contributed by atoms with van der Waals surface area (Å²) in [5.41, 5.74) is 2.57. The molecule has 2 aromatic heterocycles. The average molecular weight is 593 g/mol. The molecule has 0 amide bonds. The molecule has 4 aromatic rings. The van der Waals surface area contributed by atoms with Crippen LogP contribution in [0.5, 0.6) is 11.5 Å². The van der Waals surface area contributed by atoms with Crippen molar-refractivity contribution in [3.8, 4) is 11.5 Å². The topological polar surface area (TPSA) is 174 Å². The predicted molar refractivity (Wildman–Crippen MR) is 157 cm³/mol. The number of phenols is 2. The molecule has 0 fully saturated rings. The summed E-state index contributed by atoms with van der Waals surface area (Å²) < 4.78 is 8.40. The number of aromatic nitrogens is 4. The average Bonchev–Trinajstić information content (AvgIpc) is 3.37. The summed E-state index contributed by atoms with van der Waals surface area (Å²) in [6.45, 7) is 2.11. The normalized spacial score (nSPS) is 9.93. The molecular formula is C28H37ClN4O8. The van der Waals surface area contributed by atoms with Crippen LogP contribution >= 0.6 is 12.4 Å². The third-order valence-corrected chi connectivity index (χ3v) is 5.98. The number of aryl methyl sites for hydroxylation is 4. The number of phenolic OH excluding ortho intramolecular Hbond substituents is 2. The van der Waals surface area contributed by atoms with Gasteiger partial charge in [-0.15, -0.1) is 12.4 Å². The minimum absolute atomic E-state index is 0. The van der Waals surface area contributed by atoms with E-state index in [2.05, 4.69) is 9.97 Å². The van der Waals surface area contributed by atoms with Crippen molar-refractivity contribution in [2.75, 3.05) is 6.61 Å². The first kappa shape index (κ1) is 36.5. The fraction of sp³-hybridized carbons (Fsp3) is 0.357. The number of carbonyl (C=O) groups excluding carboxylic acids is 3. The Kier molecular flexibility index (Phi) is 14.2. The number of aldehydes is 2. The van der Waals surface area contributed by atoms with Gasteiger partial charge in [0.05, 0.1) is 41.6 Å². The van der Waals surface area contributed by atoms with Crippen LogP contribution in [0.25, 0.3) is 22.1 Å². The van der Waals surface area contributed by atoms with Gasteiger partial charge in [-0.2, -0.15) is 0 Å². The molecule has 0 saturated carbocycles. The largest absolute Gasteiger partial charge is 0.507 e. The number of ether oxygens (including phenoxy) is 1. The summed E-state index contributed by atoms with van der Waals surface area (Å²) in [7, 11) is 3.56. The molecule has 0 aliphatic heterocycles. The molecule has 4 rings (SSSR count). The second-order valence-electron chi connectivity index (χ2n) is 8.34. The number of imidazole rings is 2. The van der Waals surface area contributed by atoms with Gasteiger partial charge in [0.15, 0.2) is 12.6 Å². The maximum absolute atomic E-state index is 11.4. The summed E-state index contributed by atoms with van der Waals surface area (Å²) >= 11 is 0. The highest BCUT2D eigenvalue weighted by Crippen LogP contribution is 2.27. The fourth-order valence-corrected chi connectivity index (χ4v) is 3.98. The molecule has 2 aromatic carbocycles. The first-order valence-electron chi connectivity index (χ1n) is 11.7. The van der Waals surface area contributed by atoms with E-state index in [1.807, 2.05) is 0 Å². The summed E-state index contributed by atoms with van der Waals surface area (Å²) in [6, 6.07) is 6.23. The number of halogens is 1. The van der Waals surface area contributed by atoms with Gasteiger partial charge in [-0.1, -0.05) is 14.9 Å². The third kappa shape index (κ3) is 8.04. The van der Waals surface area contributed by atoms with Crippen molar-refractivity contribution in [3.63, 3.8) is 0 Å². The van der Waals surface area contributed by atoms with Gasteiger partial charge in [-0.3, -0.25) is 19.2 Å². The number of rotatable bonds is 9. The lowest BCUT2D eigenvalue weighted by Crippen LogP contribution is -2.07. The Balaban J connectivity index is 0.000000730. The fourth-order valence-electron chi connectivity index (χ4n) is 3.98. The van der Waals surface area contributed by atoms with E-state index in [0.717, 1.165) is 5.52 Å². The molecule has 41 heavy (non-hydrogen) atoms. The molecule has 0 aliphatic rings. The van der Waals surface area contributed by atoms with Crippen LogP contribution in [0.3, 0.4) is 0 Å². The molecule has 2 heterocycles. The molecule has 13 heteroatoms. The van der Waals surface area contributed by atoms with Crippen molar-refractivity contribution in [1.82, 2.24) is 19.1 Å². The zero-order chi connectivity index (χ0) is 28.0. The van der Waals surface area contributed by atoms with Crippen molar-refractivity contribution in [2.24, 2.45) is 14.1 Å². The molecular weight excluding hydrogens is 556 g/mol. The number of carbonyl (C=O) groups is 4. The van der Waals surface area contributed by atoms with E-state index in [0.29, 0.717) is 53.8 Å². The molecule has 0 saturated heterocycles. The van der Waals surface area contributed by atoms with Gasteiger partial charge in [-0.05, 0) is 31.2 Å². The van der Waals surface area contributed by atoms with Crippen LogP contribution in [0.1, 0.15) is 67.0 Å². The van der Waals surface area contributed by atoms with Gasteiger partial charge in [0.1, 0.15) is 34.2 Å². The minimum atomic E-state index is -0.902. The second-order valence-corrected chi connectivity index (χ2v) is 8.34. The number of fused-ring (bicyclic) bond motifs is 2. The van der Waals surface area contributed by atoms with Crippen molar-refractivity contribution >= 4 is 59.0 Å². The molecule has 0 radical (unpaired) electrons. The lowest BCUT2D eigenvalue weighted by atomic mass is 10.2. The van der Waals surface area contributed by atoms with Crippen LogP contribution in [-0.4, -0.2) is 65.5 Å². The summed E-state index contributed by atoms with van der Waals surface area (Å²) in [5, 5.41) is 27.8. The van der Waals surface area contributed by atoms with E-state index < -0.39 is 5.97 Å². The van der Waals surface area contributed by atoms with Gasteiger partial charge in [0.25, 0.3) is 0 Å². The van der Waals surface area contributed by atoms with E-state index in [4.69, 9.17) is 9.84 Å². The number of carboxylic acids is 1. The van der Waals surface area contributed by atoms with E-state index in [9.17, 15) is 29.4 Å². The second kappa shape index (κ2) is 16.0. The zero-order valence-electron chi connectivity index (χ0n) is 21.6. The highest BCUT2D eigenvalue weighted by Gasteiger charge is 2.16. The van der Waals surface area contributed by atoms with Crippen LogP contribution in [0.2, 0.25) is 0 Å². The van der Waals surface area contributed by atoms with Crippen LogP contribution in [-0.2, 0) is 41.3 Å². The van der Waals surface area contributed by atoms with Gasteiger partial charge in [-0.25, -0.2) is 9.97 Å². The number of esters is 1. The molecule has 0 unspecified atom stereocenters. The Morgan fingerprint density at radius 3 is 1.61 bits per heavy atom. The lowest BCUT2D eigenvalue weighted by Gasteiger charge is -2.02. The molecule has 3 N–H and O–H groups in total. The molecule has 12 nitrogen and oxygen atoms in total.